The fourth-order valence-corrected chi connectivity index (χ4v) is 4.22. The summed E-state index contributed by atoms with van der Waals surface area (Å²) in [6.07, 6.45) is 5.01. The zero-order valence-electron chi connectivity index (χ0n) is 16.7. The first-order chi connectivity index (χ1) is 12.9. The summed E-state index contributed by atoms with van der Waals surface area (Å²) in [5.41, 5.74) is -0.410. The topological polar surface area (TPSA) is 70.2 Å². The second-order valence-electron chi connectivity index (χ2n) is 8.62. The van der Waals surface area contributed by atoms with E-state index in [1.807, 2.05) is 14.7 Å². The van der Waals surface area contributed by atoms with Crippen molar-refractivity contribution < 1.29 is 19.1 Å². The van der Waals surface area contributed by atoms with Gasteiger partial charge in [0.25, 0.3) is 0 Å². The third kappa shape index (κ3) is 4.93. The second kappa shape index (κ2) is 8.48. The Morgan fingerprint density at radius 3 is 2.48 bits per heavy atom. The summed E-state index contributed by atoms with van der Waals surface area (Å²) in [5.74, 6) is 0.926. The molecule has 152 valence electrons. The summed E-state index contributed by atoms with van der Waals surface area (Å²) in [6.45, 7) is 8.51. The fraction of sp³-hybridized carbons (Fsp3) is 0.850. The minimum absolute atomic E-state index is 0.150. The fourth-order valence-electron chi connectivity index (χ4n) is 4.22. The molecule has 0 aromatic heterocycles. The first kappa shape index (κ1) is 20.0. The maximum absolute atomic E-state index is 12.5. The summed E-state index contributed by atoms with van der Waals surface area (Å²) in [4.78, 5) is 41.8. The largest absolute Gasteiger partial charge is 0.441 e. The van der Waals surface area contributed by atoms with Crippen molar-refractivity contribution in [2.24, 2.45) is 5.92 Å². The van der Waals surface area contributed by atoms with Gasteiger partial charge in [-0.3, -0.25) is 9.59 Å². The molecule has 0 radical (unpaired) electrons. The van der Waals surface area contributed by atoms with E-state index in [4.69, 9.17) is 4.74 Å². The summed E-state index contributed by atoms with van der Waals surface area (Å²) >= 11 is 0. The van der Waals surface area contributed by atoms with E-state index in [1.165, 1.54) is 0 Å². The van der Waals surface area contributed by atoms with Gasteiger partial charge in [-0.1, -0.05) is 13.8 Å². The maximum atomic E-state index is 12.5. The normalized spacial score (nSPS) is 22.3. The molecular weight excluding hydrogens is 346 g/mol. The maximum Gasteiger partial charge on any atom is 0.410 e. The van der Waals surface area contributed by atoms with Crippen LogP contribution in [0.15, 0.2) is 0 Å². The van der Waals surface area contributed by atoms with Gasteiger partial charge < -0.3 is 19.4 Å². The van der Waals surface area contributed by atoms with Crippen molar-refractivity contribution in [3.63, 3.8) is 0 Å². The number of carbonyl (C=O) groups is 3. The zero-order chi connectivity index (χ0) is 19.4. The van der Waals surface area contributed by atoms with Crippen LogP contribution in [0, 0.1) is 5.92 Å². The summed E-state index contributed by atoms with van der Waals surface area (Å²) < 4.78 is 5.73. The molecule has 0 N–H and O–H groups in total. The van der Waals surface area contributed by atoms with Crippen LogP contribution in [-0.4, -0.2) is 77.5 Å². The molecule has 0 atom stereocenters. The highest BCUT2D eigenvalue weighted by atomic mass is 16.6. The Hall–Kier alpha value is -1.79. The molecule has 0 unspecified atom stereocenters. The van der Waals surface area contributed by atoms with Crippen LogP contribution in [0.5, 0.6) is 0 Å². The molecule has 3 fully saturated rings. The quantitative estimate of drug-likeness (QED) is 0.680. The molecule has 3 aliphatic rings. The van der Waals surface area contributed by atoms with Crippen LogP contribution in [0.25, 0.3) is 0 Å². The van der Waals surface area contributed by atoms with Crippen molar-refractivity contribution in [1.82, 2.24) is 14.7 Å². The van der Waals surface area contributed by atoms with E-state index in [-0.39, 0.29) is 17.9 Å². The van der Waals surface area contributed by atoms with Crippen LogP contribution in [0.3, 0.4) is 0 Å². The van der Waals surface area contributed by atoms with Gasteiger partial charge in [0.2, 0.25) is 11.8 Å². The van der Waals surface area contributed by atoms with Gasteiger partial charge in [0.05, 0.1) is 6.54 Å². The van der Waals surface area contributed by atoms with Crippen molar-refractivity contribution in [2.45, 2.75) is 64.4 Å². The van der Waals surface area contributed by atoms with E-state index < -0.39 is 5.60 Å². The van der Waals surface area contributed by atoms with Gasteiger partial charge in [0, 0.05) is 58.4 Å². The van der Waals surface area contributed by atoms with Gasteiger partial charge in [0.1, 0.15) is 5.60 Å². The number of hydrogen-bond acceptors (Lipinski definition) is 4. The number of hydrogen-bond donors (Lipinski definition) is 0. The van der Waals surface area contributed by atoms with Gasteiger partial charge in [-0.05, 0) is 25.2 Å². The summed E-state index contributed by atoms with van der Waals surface area (Å²) in [6, 6.07) is 0. The molecule has 3 amide bonds. The van der Waals surface area contributed by atoms with Gasteiger partial charge in [-0.15, -0.1) is 0 Å². The van der Waals surface area contributed by atoms with Gasteiger partial charge >= 0.3 is 6.09 Å². The Labute approximate surface area is 162 Å². The number of piperidine rings is 1. The highest BCUT2D eigenvalue weighted by Crippen LogP contribution is 2.33. The molecule has 0 bridgehead atoms. The molecule has 0 saturated carbocycles. The van der Waals surface area contributed by atoms with Crippen molar-refractivity contribution in [3.8, 4) is 0 Å². The molecule has 3 rings (SSSR count). The van der Waals surface area contributed by atoms with Crippen LogP contribution < -0.4 is 0 Å². The molecule has 3 aliphatic heterocycles. The summed E-state index contributed by atoms with van der Waals surface area (Å²) in [5, 5.41) is 0. The van der Waals surface area contributed by atoms with Crippen molar-refractivity contribution in [2.75, 3.05) is 39.3 Å². The molecule has 3 heterocycles. The van der Waals surface area contributed by atoms with Crippen LogP contribution in [0.4, 0.5) is 4.79 Å². The highest BCUT2D eigenvalue weighted by Gasteiger charge is 2.47. The number of rotatable bonds is 7. The van der Waals surface area contributed by atoms with Crippen LogP contribution in [0.1, 0.15) is 58.8 Å². The third-order valence-electron chi connectivity index (χ3n) is 6.03. The van der Waals surface area contributed by atoms with Crippen LogP contribution in [0.2, 0.25) is 0 Å². The summed E-state index contributed by atoms with van der Waals surface area (Å²) in [7, 11) is 0. The molecule has 27 heavy (non-hydrogen) atoms. The number of ether oxygens (including phenoxy) is 1. The smallest absolute Gasteiger partial charge is 0.410 e. The monoisotopic (exact) mass is 379 g/mol. The van der Waals surface area contributed by atoms with Crippen LogP contribution >= 0.6 is 0 Å². The molecule has 0 aromatic rings. The Bertz CT molecular complexity index is 570. The van der Waals surface area contributed by atoms with Gasteiger partial charge in [-0.2, -0.15) is 0 Å². The lowest BCUT2D eigenvalue weighted by molar-refractivity contribution is -0.135. The Balaban J connectivity index is 1.40. The molecule has 0 aliphatic carbocycles. The Kier molecular flexibility index (Phi) is 6.27. The van der Waals surface area contributed by atoms with E-state index in [0.29, 0.717) is 57.8 Å². The predicted octanol–water partition coefficient (Wildman–Crippen LogP) is 2.25. The number of nitrogens with zero attached hydrogens (tertiary/aromatic N) is 3. The number of amides is 3. The minimum atomic E-state index is -0.410. The average molecular weight is 380 g/mol. The number of likely N-dealkylation sites (tertiary alicyclic amines) is 2. The zero-order valence-corrected chi connectivity index (χ0v) is 16.7. The van der Waals surface area contributed by atoms with E-state index in [9.17, 15) is 14.4 Å². The van der Waals surface area contributed by atoms with E-state index in [0.717, 1.165) is 32.4 Å². The predicted molar refractivity (Wildman–Crippen MR) is 101 cm³/mol. The molecular formula is C20H33N3O4. The first-order valence-electron chi connectivity index (χ1n) is 10.4. The van der Waals surface area contributed by atoms with E-state index >= 15 is 0 Å². The van der Waals surface area contributed by atoms with Crippen LogP contribution in [-0.2, 0) is 14.3 Å². The lowest BCUT2D eigenvalue weighted by atomic mass is 9.91. The standard InChI is InChI=1S/C20H33N3O4/c1-16(2)7-12-23-15-20(27-19(23)26)8-13-22(14-9-20)18(25)6-4-11-21-10-3-5-17(21)24/h16H,3-15H2,1-2H3. The minimum Gasteiger partial charge on any atom is -0.441 e. The molecule has 0 aromatic carbocycles. The Morgan fingerprint density at radius 2 is 1.85 bits per heavy atom. The van der Waals surface area contributed by atoms with Crippen molar-refractivity contribution in [3.05, 3.63) is 0 Å². The Morgan fingerprint density at radius 1 is 1.11 bits per heavy atom. The lowest BCUT2D eigenvalue weighted by Gasteiger charge is -2.37. The SMILES string of the molecule is CC(C)CCN1CC2(CCN(C(=O)CCCN3CCCC3=O)CC2)OC1=O. The highest BCUT2D eigenvalue weighted by molar-refractivity contribution is 5.78. The second-order valence-corrected chi connectivity index (χ2v) is 8.62. The number of carbonyl (C=O) groups excluding carboxylic acids is 3. The van der Waals surface area contributed by atoms with E-state index in [2.05, 4.69) is 13.8 Å². The van der Waals surface area contributed by atoms with E-state index in [1.54, 1.807) is 0 Å². The molecule has 1 spiro atoms. The lowest BCUT2D eigenvalue weighted by Crippen LogP contribution is -2.48. The molecule has 7 heteroatoms. The third-order valence-corrected chi connectivity index (χ3v) is 6.03. The molecule has 7 nitrogen and oxygen atoms in total. The van der Waals surface area contributed by atoms with Gasteiger partial charge in [-0.25, -0.2) is 4.79 Å². The van der Waals surface area contributed by atoms with Crippen molar-refractivity contribution >= 4 is 17.9 Å². The van der Waals surface area contributed by atoms with Crippen molar-refractivity contribution in [1.29, 1.82) is 0 Å². The van der Waals surface area contributed by atoms with Gasteiger partial charge in [0.15, 0.2) is 0 Å². The first-order valence-corrected chi connectivity index (χ1v) is 10.4. The average Bonchev–Trinajstić information content (AvgIpc) is 3.17. The molecule has 3 saturated heterocycles.